The third-order valence-electron chi connectivity index (χ3n) is 4.57. The van der Waals surface area contributed by atoms with E-state index < -0.39 is 5.54 Å². The SMILES string of the molecule is CC(C)Oc1ccccc1CNC(=O)C1(n2cccn2)CCNCC1.Cl. The third kappa shape index (κ3) is 4.37. The molecule has 2 heterocycles. The van der Waals surface area contributed by atoms with E-state index in [1.807, 2.05) is 50.4 Å². The number of rotatable bonds is 6. The van der Waals surface area contributed by atoms with Crippen molar-refractivity contribution in [3.8, 4) is 5.75 Å². The Kier molecular flexibility index (Phi) is 7.06. The standard InChI is InChI=1S/C19H26N4O2.ClH/c1-15(2)25-17-7-4-3-6-16(17)14-21-18(24)19(8-11-20-12-9-19)23-13-5-10-22-23;/h3-7,10,13,15,20H,8-9,11-12,14H2,1-2H3,(H,21,24);1H. The van der Waals surface area contributed by atoms with Crippen molar-refractivity contribution in [1.82, 2.24) is 20.4 Å². The summed E-state index contributed by atoms with van der Waals surface area (Å²) in [4.78, 5) is 13.1. The molecular weight excluding hydrogens is 352 g/mol. The lowest BCUT2D eigenvalue weighted by atomic mass is 9.87. The predicted molar refractivity (Wildman–Crippen MR) is 104 cm³/mol. The Labute approximate surface area is 160 Å². The molecule has 0 radical (unpaired) electrons. The molecule has 3 rings (SSSR count). The highest BCUT2D eigenvalue weighted by atomic mass is 35.5. The van der Waals surface area contributed by atoms with Crippen LogP contribution in [0.15, 0.2) is 42.7 Å². The fourth-order valence-corrected chi connectivity index (χ4v) is 3.28. The van der Waals surface area contributed by atoms with E-state index in [1.165, 1.54) is 0 Å². The molecule has 0 aliphatic carbocycles. The summed E-state index contributed by atoms with van der Waals surface area (Å²) in [5.41, 5.74) is 0.358. The second-order valence-corrected chi connectivity index (χ2v) is 6.69. The van der Waals surface area contributed by atoms with Crippen LogP contribution in [0.2, 0.25) is 0 Å². The summed E-state index contributed by atoms with van der Waals surface area (Å²) in [6.07, 6.45) is 5.15. The molecule has 1 aromatic carbocycles. The van der Waals surface area contributed by atoms with E-state index in [0.29, 0.717) is 6.54 Å². The second-order valence-electron chi connectivity index (χ2n) is 6.69. The molecule has 0 bridgehead atoms. The highest BCUT2D eigenvalue weighted by Gasteiger charge is 2.41. The van der Waals surface area contributed by atoms with E-state index in [2.05, 4.69) is 15.7 Å². The monoisotopic (exact) mass is 378 g/mol. The van der Waals surface area contributed by atoms with Gasteiger partial charge in [-0.2, -0.15) is 5.10 Å². The Balaban J connectivity index is 0.00000243. The van der Waals surface area contributed by atoms with E-state index in [1.54, 1.807) is 10.9 Å². The van der Waals surface area contributed by atoms with Crippen molar-refractivity contribution in [2.24, 2.45) is 0 Å². The van der Waals surface area contributed by atoms with Gasteiger partial charge in [-0.15, -0.1) is 12.4 Å². The zero-order chi connectivity index (χ0) is 17.7. The van der Waals surface area contributed by atoms with Crippen LogP contribution >= 0.6 is 12.4 Å². The maximum atomic E-state index is 13.1. The molecule has 0 atom stereocenters. The predicted octanol–water partition coefficient (Wildman–Crippen LogP) is 2.49. The number of amides is 1. The Morgan fingerprint density at radius 2 is 2.04 bits per heavy atom. The molecule has 6 nitrogen and oxygen atoms in total. The molecule has 142 valence electrons. The van der Waals surface area contributed by atoms with Crippen molar-refractivity contribution < 1.29 is 9.53 Å². The van der Waals surface area contributed by atoms with Crippen molar-refractivity contribution in [3.63, 3.8) is 0 Å². The van der Waals surface area contributed by atoms with Crippen LogP contribution in [0.1, 0.15) is 32.3 Å². The number of benzene rings is 1. The van der Waals surface area contributed by atoms with E-state index in [0.717, 1.165) is 37.2 Å². The fourth-order valence-electron chi connectivity index (χ4n) is 3.28. The van der Waals surface area contributed by atoms with Gasteiger partial charge in [0.15, 0.2) is 0 Å². The second kappa shape index (κ2) is 9.05. The summed E-state index contributed by atoms with van der Waals surface area (Å²) in [5.74, 6) is 0.827. The third-order valence-corrected chi connectivity index (χ3v) is 4.57. The maximum absolute atomic E-state index is 13.1. The minimum atomic E-state index is -0.622. The molecule has 26 heavy (non-hydrogen) atoms. The average Bonchev–Trinajstić information content (AvgIpc) is 3.16. The van der Waals surface area contributed by atoms with Gasteiger partial charge in [-0.1, -0.05) is 18.2 Å². The quantitative estimate of drug-likeness (QED) is 0.810. The van der Waals surface area contributed by atoms with Crippen molar-refractivity contribution >= 4 is 18.3 Å². The van der Waals surface area contributed by atoms with Gasteiger partial charge < -0.3 is 15.4 Å². The number of carbonyl (C=O) groups is 1. The first-order chi connectivity index (χ1) is 12.1. The van der Waals surface area contributed by atoms with Crippen molar-refractivity contribution in [1.29, 1.82) is 0 Å². The first-order valence-electron chi connectivity index (χ1n) is 8.85. The minimum Gasteiger partial charge on any atom is -0.491 e. The molecule has 0 saturated carbocycles. The van der Waals surface area contributed by atoms with Crippen LogP contribution in [0, 0.1) is 0 Å². The fraction of sp³-hybridized carbons (Fsp3) is 0.474. The number of piperidine rings is 1. The molecule has 1 aromatic heterocycles. The smallest absolute Gasteiger partial charge is 0.248 e. The highest BCUT2D eigenvalue weighted by molar-refractivity contribution is 5.85. The van der Waals surface area contributed by atoms with Crippen LogP contribution < -0.4 is 15.4 Å². The van der Waals surface area contributed by atoms with Gasteiger partial charge >= 0.3 is 0 Å². The zero-order valence-corrected chi connectivity index (χ0v) is 16.1. The van der Waals surface area contributed by atoms with Crippen LogP contribution in [-0.2, 0) is 16.9 Å². The summed E-state index contributed by atoms with van der Waals surface area (Å²) in [7, 11) is 0. The number of halogens is 1. The largest absolute Gasteiger partial charge is 0.491 e. The minimum absolute atomic E-state index is 0. The summed E-state index contributed by atoms with van der Waals surface area (Å²) >= 11 is 0. The molecule has 1 aliphatic rings. The van der Waals surface area contributed by atoms with Gasteiger partial charge in [0.25, 0.3) is 0 Å². The Morgan fingerprint density at radius 1 is 1.31 bits per heavy atom. The van der Waals surface area contributed by atoms with E-state index in [9.17, 15) is 4.79 Å². The van der Waals surface area contributed by atoms with Gasteiger partial charge in [-0.25, -0.2) is 0 Å². The Bertz CT molecular complexity index is 697. The number of nitrogens with zero attached hydrogens (tertiary/aromatic N) is 2. The lowest BCUT2D eigenvalue weighted by Crippen LogP contribution is -2.54. The number of ether oxygens (including phenoxy) is 1. The van der Waals surface area contributed by atoms with Crippen molar-refractivity contribution in [3.05, 3.63) is 48.3 Å². The summed E-state index contributed by atoms with van der Waals surface area (Å²) in [5, 5.41) is 10.8. The molecule has 1 aliphatic heterocycles. The molecule has 1 saturated heterocycles. The molecule has 2 aromatic rings. The Morgan fingerprint density at radius 3 is 2.69 bits per heavy atom. The molecule has 2 N–H and O–H groups in total. The van der Waals surface area contributed by atoms with Crippen LogP contribution in [0.3, 0.4) is 0 Å². The van der Waals surface area contributed by atoms with E-state index >= 15 is 0 Å². The number of aromatic nitrogens is 2. The first-order valence-corrected chi connectivity index (χ1v) is 8.85. The van der Waals surface area contributed by atoms with Gasteiger partial charge in [-0.3, -0.25) is 9.48 Å². The number of hydrogen-bond acceptors (Lipinski definition) is 4. The number of nitrogens with one attached hydrogen (secondary N) is 2. The van der Waals surface area contributed by atoms with Crippen LogP contribution in [-0.4, -0.2) is 34.9 Å². The van der Waals surface area contributed by atoms with E-state index in [4.69, 9.17) is 4.74 Å². The molecule has 1 amide bonds. The van der Waals surface area contributed by atoms with Gasteiger partial charge in [0.1, 0.15) is 11.3 Å². The average molecular weight is 379 g/mol. The van der Waals surface area contributed by atoms with Gasteiger partial charge in [0.05, 0.1) is 6.10 Å². The number of carbonyl (C=O) groups excluding carboxylic acids is 1. The summed E-state index contributed by atoms with van der Waals surface area (Å²) in [6, 6.07) is 9.70. The highest BCUT2D eigenvalue weighted by Crippen LogP contribution is 2.28. The zero-order valence-electron chi connectivity index (χ0n) is 15.3. The molecular formula is C19H27ClN4O2. The summed E-state index contributed by atoms with van der Waals surface area (Å²) < 4.78 is 7.65. The molecule has 0 spiro atoms. The number of para-hydroxylation sites is 1. The normalized spacial score (nSPS) is 16.0. The molecule has 7 heteroatoms. The van der Waals surface area contributed by atoms with Crippen molar-refractivity contribution in [2.75, 3.05) is 13.1 Å². The van der Waals surface area contributed by atoms with Gasteiger partial charge in [0, 0.05) is 24.5 Å². The van der Waals surface area contributed by atoms with Crippen LogP contribution in [0.5, 0.6) is 5.75 Å². The lowest BCUT2D eigenvalue weighted by molar-refractivity contribution is -0.132. The maximum Gasteiger partial charge on any atom is 0.248 e. The van der Waals surface area contributed by atoms with Crippen LogP contribution in [0.25, 0.3) is 0 Å². The topological polar surface area (TPSA) is 68.2 Å². The molecule has 1 fully saturated rings. The first kappa shape index (κ1) is 20.3. The van der Waals surface area contributed by atoms with Crippen LogP contribution in [0.4, 0.5) is 0 Å². The lowest BCUT2D eigenvalue weighted by Gasteiger charge is -2.36. The number of hydrogen-bond donors (Lipinski definition) is 2. The Hall–Kier alpha value is -2.05. The summed E-state index contributed by atoms with van der Waals surface area (Å²) in [6.45, 7) is 6.05. The van der Waals surface area contributed by atoms with Crippen molar-refractivity contribution in [2.45, 2.75) is 44.9 Å². The van der Waals surface area contributed by atoms with Gasteiger partial charge in [-0.05, 0) is 51.9 Å². The van der Waals surface area contributed by atoms with Gasteiger partial charge in [0.2, 0.25) is 5.91 Å². The van der Waals surface area contributed by atoms with E-state index in [-0.39, 0.29) is 24.4 Å². The molecule has 0 unspecified atom stereocenters.